The number of fused-ring (bicyclic) bond motifs is 1. The third-order valence-electron chi connectivity index (χ3n) is 4.23. The lowest BCUT2D eigenvalue weighted by atomic mass is 10.0. The average molecular weight is 374 g/mol. The molecule has 0 heterocycles. The van der Waals surface area contributed by atoms with Crippen molar-refractivity contribution in [2.24, 2.45) is 0 Å². The van der Waals surface area contributed by atoms with Crippen molar-refractivity contribution in [2.45, 2.75) is 32.8 Å². The Morgan fingerprint density at radius 3 is 2.30 bits per heavy atom. The van der Waals surface area contributed by atoms with Crippen LogP contribution in [0.25, 0.3) is 10.8 Å². The lowest BCUT2D eigenvalue weighted by molar-refractivity contribution is -0.186. The van der Waals surface area contributed by atoms with Crippen molar-refractivity contribution in [1.82, 2.24) is 0 Å². The molecule has 0 fully saturated rings. The molecule has 3 aromatic carbocycles. The standard InChI is InChI=1S/C22H21F3O2/c1-3-5-15-6-7-16-14-21(20(23)13-17(16)12-15)27-22(24,25)18-8-10-19(11-9-18)26-4-2/h6-14H,3-5H2,1-2H3. The molecular formula is C22H21F3O2. The summed E-state index contributed by atoms with van der Waals surface area (Å²) in [5.41, 5.74) is 0.710. The molecule has 142 valence electrons. The van der Waals surface area contributed by atoms with E-state index < -0.39 is 17.7 Å². The van der Waals surface area contributed by atoms with Gasteiger partial charge in [-0.3, -0.25) is 0 Å². The smallest absolute Gasteiger partial charge is 0.426 e. The Morgan fingerprint density at radius 1 is 0.889 bits per heavy atom. The Hall–Kier alpha value is -2.69. The molecule has 2 nitrogen and oxygen atoms in total. The molecule has 27 heavy (non-hydrogen) atoms. The van der Waals surface area contributed by atoms with Crippen LogP contribution in [0, 0.1) is 5.82 Å². The molecule has 0 unspecified atom stereocenters. The van der Waals surface area contributed by atoms with Gasteiger partial charge in [-0.05, 0) is 66.1 Å². The highest BCUT2D eigenvalue weighted by atomic mass is 19.3. The van der Waals surface area contributed by atoms with Crippen LogP contribution in [-0.2, 0) is 12.5 Å². The third kappa shape index (κ3) is 4.35. The maximum Gasteiger partial charge on any atom is 0.426 e. The molecule has 3 rings (SSSR count). The first-order valence-corrected chi connectivity index (χ1v) is 8.95. The fourth-order valence-corrected chi connectivity index (χ4v) is 2.93. The van der Waals surface area contributed by atoms with Gasteiger partial charge in [0, 0.05) is 0 Å². The minimum absolute atomic E-state index is 0.372. The van der Waals surface area contributed by atoms with Crippen molar-refractivity contribution in [1.29, 1.82) is 0 Å². The van der Waals surface area contributed by atoms with E-state index in [0.717, 1.165) is 18.4 Å². The summed E-state index contributed by atoms with van der Waals surface area (Å²) in [6, 6.07) is 13.4. The van der Waals surface area contributed by atoms with Gasteiger partial charge in [-0.15, -0.1) is 0 Å². The van der Waals surface area contributed by atoms with Gasteiger partial charge in [0.2, 0.25) is 0 Å². The zero-order valence-electron chi connectivity index (χ0n) is 15.3. The van der Waals surface area contributed by atoms with E-state index >= 15 is 0 Å². The zero-order chi connectivity index (χ0) is 19.4. The number of benzene rings is 3. The summed E-state index contributed by atoms with van der Waals surface area (Å²) in [7, 11) is 0. The van der Waals surface area contributed by atoms with E-state index in [-0.39, 0.29) is 5.56 Å². The van der Waals surface area contributed by atoms with Crippen LogP contribution in [0.2, 0.25) is 0 Å². The van der Waals surface area contributed by atoms with Crippen molar-refractivity contribution in [3.05, 3.63) is 71.5 Å². The molecule has 0 aliphatic heterocycles. The van der Waals surface area contributed by atoms with Gasteiger partial charge < -0.3 is 9.47 Å². The zero-order valence-corrected chi connectivity index (χ0v) is 15.3. The van der Waals surface area contributed by atoms with Crippen LogP contribution < -0.4 is 9.47 Å². The lowest BCUT2D eigenvalue weighted by Crippen LogP contribution is -2.22. The second-order valence-corrected chi connectivity index (χ2v) is 6.29. The molecular weight excluding hydrogens is 353 g/mol. The minimum atomic E-state index is -3.67. The van der Waals surface area contributed by atoms with Crippen LogP contribution >= 0.6 is 0 Å². The number of hydrogen-bond acceptors (Lipinski definition) is 2. The third-order valence-corrected chi connectivity index (χ3v) is 4.23. The Labute approximate surface area is 156 Å². The summed E-state index contributed by atoms with van der Waals surface area (Å²) in [4.78, 5) is 0. The summed E-state index contributed by atoms with van der Waals surface area (Å²) < 4.78 is 53.3. The fourth-order valence-electron chi connectivity index (χ4n) is 2.93. The van der Waals surface area contributed by atoms with Gasteiger partial charge >= 0.3 is 6.11 Å². The fraction of sp³-hybridized carbons (Fsp3) is 0.273. The number of ether oxygens (including phenoxy) is 2. The molecule has 0 aromatic heterocycles. The molecule has 0 aliphatic carbocycles. The molecule has 0 aliphatic rings. The van der Waals surface area contributed by atoms with E-state index in [1.807, 2.05) is 12.1 Å². The van der Waals surface area contributed by atoms with Crippen LogP contribution in [0.4, 0.5) is 13.2 Å². The van der Waals surface area contributed by atoms with Gasteiger partial charge in [0.15, 0.2) is 11.6 Å². The highest BCUT2D eigenvalue weighted by Gasteiger charge is 2.35. The van der Waals surface area contributed by atoms with Gasteiger partial charge in [0.25, 0.3) is 0 Å². The predicted octanol–water partition coefficient (Wildman–Crippen LogP) is 6.46. The SMILES string of the molecule is CCCc1ccc2cc(OC(F)(F)c3ccc(OCC)cc3)c(F)cc2c1. The average Bonchev–Trinajstić information content (AvgIpc) is 2.63. The normalized spacial score (nSPS) is 11.6. The predicted molar refractivity (Wildman–Crippen MR) is 100 cm³/mol. The molecule has 0 spiro atoms. The van der Waals surface area contributed by atoms with Gasteiger partial charge in [-0.25, -0.2) is 4.39 Å². The topological polar surface area (TPSA) is 18.5 Å². The minimum Gasteiger partial charge on any atom is -0.494 e. The Balaban J connectivity index is 1.87. The first kappa shape index (κ1) is 19.1. The van der Waals surface area contributed by atoms with Gasteiger partial charge in [-0.2, -0.15) is 8.78 Å². The van der Waals surface area contributed by atoms with Gasteiger partial charge in [0.1, 0.15) is 5.75 Å². The monoisotopic (exact) mass is 374 g/mol. The molecule has 0 saturated heterocycles. The Morgan fingerprint density at radius 2 is 1.63 bits per heavy atom. The van der Waals surface area contributed by atoms with E-state index in [9.17, 15) is 13.2 Å². The van der Waals surface area contributed by atoms with Crippen LogP contribution in [-0.4, -0.2) is 6.61 Å². The Kier molecular flexibility index (Phi) is 5.59. The number of alkyl halides is 2. The second kappa shape index (κ2) is 7.91. The maximum atomic E-state index is 14.5. The number of rotatable bonds is 7. The van der Waals surface area contributed by atoms with Crippen molar-refractivity contribution < 1.29 is 22.6 Å². The Bertz CT molecular complexity index is 921. The van der Waals surface area contributed by atoms with Crippen molar-refractivity contribution >= 4 is 10.8 Å². The molecule has 0 saturated carbocycles. The van der Waals surface area contributed by atoms with E-state index in [1.54, 1.807) is 13.0 Å². The van der Waals surface area contributed by atoms with Crippen molar-refractivity contribution in [3.63, 3.8) is 0 Å². The van der Waals surface area contributed by atoms with Crippen molar-refractivity contribution in [3.8, 4) is 11.5 Å². The van der Waals surface area contributed by atoms with Crippen LogP contribution in [0.1, 0.15) is 31.4 Å². The molecule has 0 atom stereocenters. The quantitative estimate of drug-likeness (QED) is 0.473. The number of aryl methyl sites for hydroxylation is 1. The van der Waals surface area contributed by atoms with Gasteiger partial charge in [0.05, 0.1) is 12.2 Å². The van der Waals surface area contributed by atoms with Crippen LogP contribution in [0.5, 0.6) is 11.5 Å². The maximum absolute atomic E-state index is 14.5. The molecule has 0 bridgehead atoms. The number of halogens is 3. The van der Waals surface area contributed by atoms with E-state index in [4.69, 9.17) is 9.47 Å². The van der Waals surface area contributed by atoms with E-state index in [1.165, 1.54) is 36.4 Å². The molecule has 3 aromatic rings. The second-order valence-electron chi connectivity index (χ2n) is 6.29. The van der Waals surface area contributed by atoms with Crippen molar-refractivity contribution in [2.75, 3.05) is 6.61 Å². The van der Waals surface area contributed by atoms with E-state index in [2.05, 4.69) is 6.92 Å². The molecule has 5 heteroatoms. The first-order chi connectivity index (χ1) is 12.9. The molecule has 0 amide bonds. The number of hydrogen-bond donors (Lipinski definition) is 0. The summed E-state index contributed by atoms with van der Waals surface area (Å²) in [6.45, 7) is 4.30. The van der Waals surface area contributed by atoms with Gasteiger partial charge in [-0.1, -0.05) is 31.5 Å². The highest BCUT2D eigenvalue weighted by Crippen LogP contribution is 2.35. The molecule has 0 N–H and O–H groups in total. The summed E-state index contributed by atoms with van der Waals surface area (Å²) in [6.07, 6.45) is -1.81. The lowest BCUT2D eigenvalue weighted by Gasteiger charge is -2.19. The summed E-state index contributed by atoms with van der Waals surface area (Å²) in [5, 5.41) is 1.31. The summed E-state index contributed by atoms with van der Waals surface area (Å²) >= 11 is 0. The molecule has 0 radical (unpaired) electrons. The van der Waals surface area contributed by atoms with E-state index in [0.29, 0.717) is 23.1 Å². The highest BCUT2D eigenvalue weighted by molar-refractivity contribution is 5.84. The van der Waals surface area contributed by atoms with Crippen LogP contribution in [0.15, 0.2) is 54.6 Å². The summed E-state index contributed by atoms with van der Waals surface area (Å²) in [5.74, 6) is -0.816. The first-order valence-electron chi connectivity index (χ1n) is 8.95. The largest absolute Gasteiger partial charge is 0.494 e. The van der Waals surface area contributed by atoms with Crippen LogP contribution in [0.3, 0.4) is 0 Å².